The van der Waals surface area contributed by atoms with Gasteiger partial charge in [0.1, 0.15) is 0 Å². The van der Waals surface area contributed by atoms with Crippen LogP contribution < -0.4 is 10.6 Å². The first kappa shape index (κ1) is 18.1. The van der Waals surface area contributed by atoms with E-state index in [1.165, 1.54) is 0 Å². The van der Waals surface area contributed by atoms with Gasteiger partial charge in [-0.15, -0.1) is 0 Å². The Morgan fingerprint density at radius 2 is 1.95 bits per heavy atom. The standard InChI is InChI=1S/C13H28N4OS/c1-7-14-12(16-10-13(2,3)19-6)15-9-8-11(18)17(4)5/h7-10H2,1-6H3,(H2,14,15,16). The van der Waals surface area contributed by atoms with Gasteiger partial charge < -0.3 is 15.5 Å². The second-order valence-electron chi connectivity index (χ2n) is 5.12. The fourth-order valence-corrected chi connectivity index (χ4v) is 1.38. The van der Waals surface area contributed by atoms with Crippen molar-refractivity contribution < 1.29 is 4.79 Å². The van der Waals surface area contributed by atoms with Gasteiger partial charge in [0.15, 0.2) is 5.96 Å². The maximum absolute atomic E-state index is 11.5. The smallest absolute Gasteiger partial charge is 0.223 e. The van der Waals surface area contributed by atoms with Crippen molar-refractivity contribution in [3.8, 4) is 0 Å². The molecule has 0 aliphatic carbocycles. The molecule has 1 amide bonds. The molecule has 0 heterocycles. The Hall–Kier alpha value is -0.910. The Balaban J connectivity index is 4.26. The summed E-state index contributed by atoms with van der Waals surface area (Å²) in [5.74, 6) is 0.893. The first-order chi connectivity index (χ1) is 8.82. The average Bonchev–Trinajstić information content (AvgIpc) is 2.35. The summed E-state index contributed by atoms with van der Waals surface area (Å²) < 4.78 is 0.127. The van der Waals surface area contributed by atoms with Crippen LogP contribution in [-0.4, -0.2) is 61.5 Å². The Morgan fingerprint density at radius 1 is 1.32 bits per heavy atom. The number of nitrogens with zero attached hydrogens (tertiary/aromatic N) is 2. The Kier molecular flexibility index (Phi) is 8.63. The summed E-state index contributed by atoms with van der Waals surface area (Å²) in [4.78, 5) is 17.6. The molecule has 2 N–H and O–H groups in total. The van der Waals surface area contributed by atoms with Gasteiger partial charge in [-0.05, 0) is 27.0 Å². The molecule has 0 radical (unpaired) electrons. The molecule has 0 unspecified atom stereocenters. The van der Waals surface area contributed by atoms with Crippen LogP contribution in [0.25, 0.3) is 0 Å². The number of carbonyl (C=O) groups excluding carboxylic acids is 1. The van der Waals surface area contributed by atoms with Crippen LogP contribution in [0.15, 0.2) is 4.99 Å². The van der Waals surface area contributed by atoms with E-state index in [0.717, 1.165) is 19.0 Å². The quantitative estimate of drug-likeness (QED) is 0.545. The molecule has 0 rings (SSSR count). The third-order valence-electron chi connectivity index (χ3n) is 2.64. The topological polar surface area (TPSA) is 56.7 Å². The molecular formula is C13H28N4OS. The third kappa shape index (κ3) is 8.75. The zero-order chi connectivity index (χ0) is 14.9. The summed E-state index contributed by atoms with van der Waals surface area (Å²) in [5.41, 5.74) is 0. The zero-order valence-electron chi connectivity index (χ0n) is 13.0. The first-order valence-electron chi connectivity index (χ1n) is 6.60. The number of nitrogens with one attached hydrogen (secondary N) is 2. The van der Waals surface area contributed by atoms with E-state index < -0.39 is 0 Å². The van der Waals surface area contributed by atoms with Gasteiger partial charge in [-0.3, -0.25) is 9.79 Å². The molecule has 0 saturated heterocycles. The second-order valence-corrected chi connectivity index (χ2v) is 6.64. The largest absolute Gasteiger partial charge is 0.357 e. The first-order valence-corrected chi connectivity index (χ1v) is 7.82. The number of aliphatic imine (C=N–C) groups is 1. The molecule has 0 aromatic heterocycles. The molecule has 0 aromatic carbocycles. The predicted molar refractivity (Wildman–Crippen MR) is 84.9 cm³/mol. The normalized spacial score (nSPS) is 12.2. The van der Waals surface area contributed by atoms with E-state index in [0.29, 0.717) is 13.0 Å². The van der Waals surface area contributed by atoms with Crippen LogP contribution in [0.4, 0.5) is 0 Å². The molecular weight excluding hydrogens is 260 g/mol. The summed E-state index contributed by atoms with van der Waals surface area (Å²) in [7, 11) is 3.53. The molecule has 0 saturated carbocycles. The van der Waals surface area contributed by atoms with E-state index in [4.69, 9.17) is 0 Å². The summed E-state index contributed by atoms with van der Waals surface area (Å²) in [6, 6.07) is 0. The number of hydrogen-bond acceptors (Lipinski definition) is 3. The maximum Gasteiger partial charge on any atom is 0.223 e. The Labute approximate surface area is 121 Å². The molecule has 5 nitrogen and oxygen atoms in total. The fraction of sp³-hybridized carbons (Fsp3) is 0.846. The van der Waals surface area contributed by atoms with Crippen molar-refractivity contribution in [3.63, 3.8) is 0 Å². The lowest BCUT2D eigenvalue weighted by atomic mass is 10.2. The molecule has 6 heteroatoms. The Morgan fingerprint density at radius 3 is 2.42 bits per heavy atom. The van der Waals surface area contributed by atoms with Gasteiger partial charge in [0.05, 0.1) is 6.54 Å². The van der Waals surface area contributed by atoms with Gasteiger partial charge in [0.2, 0.25) is 5.91 Å². The van der Waals surface area contributed by atoms with Gasteiger partial charge in [-0.25, -0.2) is 0 Å². The molecule has 0 atom stereocenters. The molecule has 112 valence electrons. The zero-order valence-corrected chi connectivity index (χ0v) is 13.9. The number of thioether (sulfide) groups is 1. The highest BCUT2D eigenvalue weighted by Crippen LogP contribution is 2.20. The molecule has 0 aromatic rings. The van der Waals surface area contributed by atoms with Crippen molar-refractivity contribution in [2.24, 2.45) is 4.99 Å². The Bertz CT molecular complexity index is 303. The van der Waals surface area contributed by atoms with Crippen molar-refractivity contribution in [1.82, 2.24) is 15.5 Å². The second kappa shape index (κ2) is 9.07. The van der Waals surface area contributed by atoms with Crippen LogP contribution >= 0.6 is 11.8 Å². The minimum Gasteiger partial charge on any atom is -0.357 e. The van der Waals surface area contributed by atoms with E-state index in [1.807, 2.05) is 6.92 Å². The van der Waals surface area contributed by atoms with Crippen LogP contribution in [-0.2, 0) is 4.79 Å². The number of amides is 1. The number of rotatable bonds is 7. The van der Waals surface area contributed by atoms with Gasteiger partial charge in [0, 0.05) is 38.4 Å². The molecule has 19 heavy (non-hydrogen) atoms. The van der Waals surface area contributed by atoms with Crippen LogP contribution in [0.3, 0.4) is 0 Å². The highest BCUT2D eigenvalue weighted by Gasteiger charge is 2.15. The van der Waals surface area contributed by atoms with Crippen LogP contribution in [0.5, 0.6) is 0 Å². The number of carbonyl (C=O) groups is 1. The van der Waals surface area contributed by atoms with Crippen molar-refractivity contribution in [2.75, 3.05) is 40.0 Å². The van der Waals surface area contributed by atoms with Gasteiger partial charge in [-0.2, -0.15) is 11.8 Å². The molecule has 0 aliphatic heterocycles. The van der Waals surface area contributed by atoms with Gasteiger partial charge >= 0.3 is 0 Å². The summed E-state index contributed by atoms with van der Waals surface area (Å²) in [6.07, 6.45) is 2.56. The molecule has 0 fully saturated rings. The van der Waals surface area contributed by atoms with Crippen LogP contribution in [0, 0.1) is 0 Å². The molecule has 0 spiro atoms. The van der Waals surface area contributed by atoms with Crippen molar-refractivity contribution in [2.45, 2.75) is 31.9 Å². The summed E-state index contributed by atoms with van der Waals surface area (Å²) >= 11 is 1.80. The van der Waals surface area contributed by atoms with E-state index in [9.17, 15) is 4.79 Å². The van der Waals surface area contributed by atoms with Crippen molar-refractivity contribution in [3.05, 3.63) is 0 Å². The monoisotopic (exact) mass is 288 g/mol. The fourth-order valence-electron chi connectivity index (χ4n) is 1.19. The molecule has 0 aliphatic rings. The SMILES string of the molecule is CCNC(=NCC(C)(C)SC)NCCC(=O)N(C)C. The minimum absolute atomic E-state index is 0.118. The number of guanidine groups is 1. The highest BCUT2D eigenvalue weighted by molar-refractivity contribution is 7.99. The summed E-state index contributed by atoms with van der Waals surface area (Å²) in [5, 5.41) is 6.37. The lowest BCUT2D eigenvalue weighted by Gasteiger charge is -2.20. The highest BCUT2D eigenvalue weighted by atomic mass is 32.2. The lowest BCUT2D eigenvalue weighted by molar-refractivity contribution is -0.128. The summed E-state index contributed by atoms with van der Waals surface area (Å²) in [6.45, 7) is 8.52. The van der Waals surface area contributed by atoms with E-state index in [-0.39, 0.29) is 10.7 Å². The van der Waals surface area contributed by atoms with Gasteiger partial charge in [0.25, 0.3) is 0 Å². The van der Waals surface area contributed by atoms with Crippen LogP contribution in [0.2, 0.25) is 0 Å². The molecule has 0 bridgehead atoms. The van der Waals surface area contributed by atoms with Gasteiger partial charge in [-0.1, -0.05) is 0 Å². The predicted octanol–water partition coefficient (Wildman–Crippen LogP) is 1.16. The third-order valence-corrected chi connectivity index (χ3v) is 3.88. The maximum atomic E-state index is 11.5. The lowest BCUT2D eigenvalue weighted by Crippen LogP contribution is -2.40. The van der Waals surface area contributed by atoms with E-state index in [1.54, 1.807) is 30.8 Å². The minimum atomic E-state index is 0.118. The van der Waals surface area contributed by atoms with E-state index >= 15 is 0 Å². The number of hydrogen-bond donors (Lipinski definition) is 2. The average molecular weight is 288 g/mol. The van der Waals surface area contributed by atoms with Crippen molar-refractivity contribution in [1.29, 1.82) is 0 Å². The van der Waals surface area contributed by atoms with Crippen LogP contribution in [0.1, 0.15) is 27.2 Å². The van der Waals surface area contributed by atoms with Crippen molar-refractivity contribution >= 4 is 23.6 Å². The van der Waals surface area contributed by atoms with E-state index in [2.05, 4.69) is 35.7 Å².